The molecular weight excluding hydrogens is 322 g/mol. The number of sulfone groups is 1. The monoisotopic (exact) mass is 345 g/mol. The molecule has 0 bridgehead atoms. The summed E-state index contributed by atoms with van der Waals surface area (Å²) in [6.07, 6.45) is 1.68. The lowest BCUT2D eigenvalue weighted by Gasteiger charge is -2.23. The molecule has 0 aromatic heterocycles. The van der Waals surface area contributed by atoms with Crippen molar-refractivity contribution in [2.24, 2.45) is 0 Å². The lowest BCUT2D eigenvalue weighted by atomic mass is 10.1. The molecule has 0 radical (unpaired) electrons. The lowest BCUT2D eigenvalue weighted by molar-refractivity contribution is 0.306. The molecule has 2 aromatic rings. The second-order valence-electron chi connectivity index (χ2n) is 6.26. The van der Waals surface area contributed by atoms with Gasteiger partial charge < -0.3 is 10.1 Å². The molecule has 128 valence electrons. The van der Waals surface area contributed by atoms with Crippen LogP contribution >= 0.6 is 0 Å². The molecule has 0 saturated carbocycles. The highest BCUT2D eigenvalue weighted by molar-refractivity contribution is 7.91. The average Bonchev–Trinajstić information content (AvgIpc) is 2.59. The van der Waals surface area contributed by atoms with Gasteiger partial charge in [0.15, 0.2) is 9.84 Å². The maximum Gasteiger partial charge on any atom is 0.151 e. The molecule has 24 heavy (non-hydrogen) atoms. The fourth-order valence-corrected chi connectivity index (χ4v) is 4.63. The van der Waals surface area contributed by atoms with Crippen LogP contribution in [0.1, 0.15) is 24.0 Å². The van der Waals surface area contributed by atoms with Crippen LogP contribution in [0.2, 0.25) is 0 Å². The van der Waals surface area contributed by atoms with E-state index < -0.39 is 9.84 Å². The quantitative estimate of drug-likeness (QED) is 0.875. The van der Waals surface area contributed by atoms with Gasteiger partial charge in [-0.3, -0.25) is 0 Å². The zero-order chi connectivity index (χ0) is 16.8. The standard InChI is InChI=1S/C19H23NO3S/c21-24(22)11-5-8-18(15-24)20-13-16-6-4-7-17(12-16)14-23-19-9-2-1-3-10-19/h1-4,6-7,9-10,12,18,20H,5,8,11,13-15H2. The number of rotatable bonds is 6. The molecule has 1 fully saturated rings. The van der Waals surface area contributed by atoms with Crippen molar-refractivity contribution in [3.8, 4) is 5.75 Å². The van der Waals surface area contributed by atoms with Crippen LogP contribution in [0.5, 0.6) is 5.75 Å². The summed E-state index contributed by atoms with van der Waals surface area (Å²) in [7, 11) is -2.87. The highest BCUT2D eigenvalue weighted by Crippen LogP contribution is 2.15. The minimum atomic E-state index is -2.87. The zero-order valence-electron chi connectivity index (χ0n) is 13.6. The SMILES string of the molecule is O=S1(=O)CCCC(NCc2cccc(COc3ccccc3)c2)C1. The van der Waals surface area contributed by atoms with Crippen LogP contribution in [0.15, 0.2) is 54.6 Å². The smallest absolute Gasteiger partial charge is 0.151 e. The minimum Gasteiger partial charge on any atom is -0.489 e. The molecule has 1 atom stereocenters. The molecule has 1 N–H and O–H groups in total. The van der Waals surface area contributed by atoms with Gasteiger partial charge in [0.05, 0.1) is 11.5 Å². The molecule has 0 spiro atoms. The van der Waals surface area contributed by atoms with E-state index in [2.05, 4.69) is 17.4 Å². The van der Waals surface area contributed by atoms with Crippen molar-refractivity contribution in [2.75, 3.05) is 11.5 Å². The fraction of sp³-hybridized carbons (Fsp3) is 0.368. The van der Waals surface area contributed by atoms with Crippen LogP contribution in [0.3, 0.4) is 0 Å². The Kier molecular flexibility index (Phi) is 5.53. The van der Waals surface area contributed by atoms with E-state index in [0.717, 1.165) is 29.7 Å². The van der Waals surface area contributed by atoms with Crippen LogP contribution in [0.25, 0.3) is 0 Å². The Morgan fingerprint density at radius 3 is 2.62 bits per heavy atom. The minimum absolute atomic E-state index is 0.0629. The van der Waals surface area contributed by atoms with Crippen molar-refractivity contribution >= 4 is 9.84 Å². The maximum atomic E-state index is 11.7. The topological polar surface area (TPSA) is 55.4 Å². The number of para-hydroxylation sites is 1. The Bertz CT molecular complexity index is 759. The molecule has 1 aliphatic rings. The van der Waals surface area contributed by atoms with Crippen LogP contribution in [-0.2, 0) is 23.0 Å². The van der Waals surface area contributed by atoms with Crippen molar-refractivity contribution in [1.82, 2.24) is 5.32 Å². The van der Waals surface area contributed by atoms with Gasteiger partial charge >= 0.3 is 0 Å². The summed E-state index contributed by atoms with van der Waals surface area (Å²) in [5.41, 5.74) is 2.25. The van der Waals surface area contributed by atoms with Crippen LogP contribution in [0, 0.1) is 0 Å². The summed E-state index contributed by atoms with van der Waals surface area (Å²) < 4.78 is 29.1. The van der Waals surface area contributed by atoms with Crippen LogP contribution in [0.4, 0.5) is 0 Å². The summed E-state index contributed by atoms with van der Waals surface area (Å²) in [4.78, 5) is 0. The normalized spacial score (nSPS) is 19.8. The predicted octanol–water partition coefficient (Wildman–Crippen LogP) is 2.93. The Labute approximate surface area is 143 Å². The molecule has 4 nitrogen and oxygen atoms in total. The van der Waals surface area contributed by atoms with Gasteiger partial charge in [0, 0.05) is 12.6 Å². The number of ether oxygens (including phenoxy) is 1. The molecule has 1 unspecified atom stereocenters. The number of nitrogens with one attached hydrogen (secondary N) is 1. The van der Waals surface area contributed by atoms with E-state index in [-0.39, 0.29) is 11.8 Å². The number of hydrogen-bond donors (Lipinski definition) is 1. The number of benzene rings is 2. The third-order valence-electron chi connectivity index (χ3n) is 4.20. The van der Waals surface area contributed by atoms with Crippen molar-refractivity contribution in [2.45, 2.75) is 32.0 Å². The van der Waals surface area contributed by atoms with E-state index in [1.807, 2.05) is 42.5 Å². The molecular formula is C19H23NO3S. The third kappa shape index (κ3) is 5.08. The molecule has 1 saturated heterocycles. The first-order valence-corrected chi connectivity index (χ1v) is 10.1. The van der Waals surface area contributed by atoms with Gasteiger partial charge in [-0.2, -0.15) is 0 Å². The fourth-order valence-electron chi connectivity index (χ4n) is 2.96. The second kappa shape index (κ2) is 7.81. The Hall–Kier alpha value is -1.85. The van der Waals surface area contributed by atoms with E-state index in [4.69, 9.17) is 4.74 Å². The van der Waals surface area contributed by atoms with Crippen LogP contribution < -0.4 is 10.1 Å². The van der Waals surface area contributed by atoms with Gasteiger partial charge in [0.2, 0.25) is 0 Å². The van der Waals surface area contributed by atoms with Gasteiger partial charge in [-0.1, -0.05) is 42.5 Å². The lowest BCUT2D eigenvalue weighted by Crippen LogP contribution is -2.39. The maximum absolute atomic E-state index is 11.7. The summed E-state index contributed by atoms with van der Waals surface area (Å²) in [5.74, 6) is 1.44. The highest BCUT2D eigenvalue weighted by atomic mass is 32.2. The molecule has 5 heteroatoms. The van der Waals surface area contributed by atoms with Gasteiger partial charge in [0.25, 0.3) is 0 Å². The van der Waals surface area contributed by atoms with Crippen molar-refractivity contribution in [3.63, 3.8) is 0 Å². The first-order valence-electron chi connectivity index (χ1n) is 8.30. The van der Waals surface area contributed by atoms with Crippen molar-refractivity contribution in [1.29, 1.82) is 0 Å². The first-order chi connectivity index (χ1) is 11.6. The molecule has 0 aliphatic carbocycles. The van der Waals surface area contributed by atoms with Crippen molar-refractivity contribution < 1.29 is 13.2 Å². The largest absolute Gasteiger partial charge is 0.489 e. The third-order valence-corrected chi connectivity index (χ3v) is 6.02. The van der Waals surface area contributed by atoms with Crippen molar-refractivity contribution in [3.05, 3.63) is 65.7 Å². The predicted molar refractivity (Wildman–Crippen MR) is 95.7 cm³/mol. The number of hydrogen-bond acceptors (Lipinski definition) is 4. The summed E-state index contributed by atoms with van der Waals surface area (Å²) >= 11 is 0. The van der Waals surface area contributed by atoms with E-state index in [1.165, 1.54) is 0 Å². The zero-order valence-corrected chi connectivity index (χ0v) is 14.5. The first kappa shape index (κ1) is 17.0. The Morgan fingerprint density at radius 1 is 1.04 bits per heavy atom. The summed E-state index contributed by atoms with van der Waals surface area (Å²) in [6, 6.07) is 18.0. The van der Waals surface area contributed by atoms with Gasteiger partial charge in [0.1, 0.15) is 12.4 Å². The van der Waals surface area contributed by atoms with E-state index in [1.54, 1.807) is 0 Å². The Balaban J connectivity index is 1.53. The molecule has 0 amide bonds. The molecule has 1 heterocycles. The molecule has 2 aromatic carbocycles. The highest BCUT2D eigenvalue weighted by Gasteiger charge is 2.24. The van der Waals surface area contributed by atoms with Gasteiger partial charge in [-0.15, -0.1) is 0 Å². The second-order valence-corrected chi connectivity index (χ2v) is 8.48. The van der Waals surface area contributed by atoms with Gasteiger partial charge in [-0.25, -0.2) is 8.42 Å². The van der Waals surface area contributed by atoms with Gasteiger partial charge in [-0.05, 0) is 36.1 Å². The summed E-state index contributed by atoms with van der Waals surface area (Å²) in [6.45, 7) is 1.20. The van der Waals surface area contributed by atoms with Crippen LogP contribution in [-0.4, -0.2) is 26.0 Å². The summed E-state index contributed by atoms with van der Waals surface area (Å²) in [5, 5.41) is 3.37. The van der Waals surface area contributed by atoms with E-state index in [9.17, 15) is 8.42 Å². The molecule has 1 aliphatic heterocycles. The van der Waals surface area contributed by atoms with E-state index in [0.29, 0.717) is 18.9 Å². The Morgan fingerprint density at radius 2 is 1.83 bits per heavy atom. The van der Waals surface area contributed by atoms with E-state index >= 15 is 0 Å². The average molecular weight is 345 g/mol. The molecule has 3 rings (SSSR count).